The van der Waals surface area contributed by atoms with E-state index in [-0.39, 0.29) is 6.03 Å². The fraction of sp³-hybridized carbons (Fsp3) is 0.917. The Morgan fingerprint density at radius 2 is 2.19 bits per heavy atom. The molecule has 94 valence electrons. The van der Waals surface area contributed by atoms with Crippen LogP contribution in [0.1, 0.15) is 33.1 Å². The van der Waals surface area contributed by atoms with Gasteiger partial charge in [0.2, 0.25) is 0 Å². The van der Waals surface area contributed by atoms with Crippen LogP contribution < -0.4 is 5.32 Å². The van der Waals surface area contributed by atoms with Crippen LogP contribution in [0.25, 0.3) is 0 Å². The molecule has 2 unspecified atom stereocenters. The van der Waals surface area contributed by atoms with Crippen molar-refractivity contribution >= 4 is 6.03 Å². The molecule has 16 heavy (non-hydrogen) atoms. The molecular formula is C12H24N2O2. The van der Waals surface area contributed by atoms with Crippen LogP contribution in [0.5, 0.6) is 0 Å². The normalized spacial score (nSPS) is 26.3. The largest absolute Gasteiger partial charge is 0.383 e. The first-order valence-corrected chi connectivity index (χ1v) is 6.18. The SMILES string of the molecule is COCCNC(=O)N1CC(C)CCCC1C. The molecule has 0 aliphatic carbocycles. The monoisotopic (exact) mass is 228 g/mol. The zero-order chi connectivity index (χ0) is 12.0. The van der Waals surface area contributed by atoms with Gasteiger partial charge in [-0.25, -0.2) is 4.79 Å². The minimum atomic E-state index is 0.0540. The average Bonchev–Trinajstić information content (AvgIpc) is 2.41. The first-order valence-electron chi connectivity index (χ1n) is 6.18. The van der Waals surface area contributed by atoms with Gasteiger partial charge in [0.25, 0.3) is 0 Å². The molecule has 0 spiro atoms. The highest BCUT2D eigenvalue weighted by Gasteiger charge is 2.24. The Bertz CT molecular complexity index is 221. The van der Waals surface area contributed by atoms with Crippen molar-refractivity contribution in [1.29, 1.82) is 0 Å². The van der Waals surface area contributed by atoms with E-state index in [0.29, 0.717) is 25.1 Å². The topological polar surface area (TPSA) is 41.6 Å². The summed E-state index contributed by atoms with van der Waals surface area (Å²) >= 11 is 0. The van der Waals surface area contributed by atoms with E-state index in [2.05, 4.69) is 19.2 Å². The minimum Gasteiger partial charge on any atom is -0.383 e. The van der Waals surface area contributed by atoms with Crippen molar-refractivity contribution < 1.29 is 9.53 Å². The summed E-state index contributed by atoms with van der Waals surface area (Å²) in [6, 6.07) is 0.408. The molecule has 0 bridgehead atoms. The molecule has 2 atom stereocenters. The van der Waals surface area contributed by atoms with Crippen molar-refractivity contribution in [2.75, 3.05) is 26.8 Å². The van der Waals surface area contributed by atoms with Gasteiger partial charge in [-0.05, 0) is 25.7 Å². The van der Waals surface area contributed by atoms with Gasteiger partial charge in [0, 0.05) is 26.2 Å². The zero-order valence-electron chi connectivity index (χ0n) is 10.7. The van der Waals surface area contributed by atoms with Gasteiger partial charge in [0.15, 0.2) is 0 Å². The molecule has 1 rings (SSSR count). The number of nitrogens with one attached hydrogen (secondary N) is 1. The Hall–Kier alpha value is -0.770. The van der Waals surface area contributed by atoms with Crippen LogP contribution in [0.15, 0.2) is 0 Å². The molecule has 0 radical (unpaired) electrons. The van der Waals surface area contributed by atoms with Crippen molar-refractivity contribution in [1.82, 2.24) is 10.2 Å². The molecule has 0 aromatic rings. The molecule has 1 saturated heterocycles. The highest BCUT2D eigenvalue weighted by molar-refractivity contribution is 5.74. The van der Waals surface area contributed by atoms with E-state index in [1.807, 2.05) is 4.90 Å². The summed E-state index contributed by atoms with van der Waals surface area (Å²) < 4.78 is 4.92. The summed E-state index contributed by atoms with van der Waals surface area (Å²) in [7, 11) is 1.64. The summed E-state index contributed by atoms with van der Waals surface area (Å²) in [5.41, 5.74) is 0. The standard InChI is InChI=1S/C12H24N2O2/c1-10-5-4-6-11(2)14(9-10)12(15)13-7-8-16-3/h10-11H,4-9H2,1-3H3,(H,13,15). The van der Waals surface area contributed by atoms with Gasteiger partial charge in [0.05, 0.1) is 6.61 Å². The number of rotatable bonds is 3. The van der Waals surface area contributed by atoms with E-state index >= 15 is 0 Å². The number of carbonyl (C=O) groups is 1. The van der Waals surface area contributed by atoms with E-state index in [1.54, 1.807) is 7.11 Å². The van der Waals surface area contributed by atoms with Crippen LogP contribution in [0.3, 0.4) is 0 Å². The number of urea groups is 1. The van der Waals surface area contributed by atoms with Crippen LogP contribution in [0.4, 0.5) is 4.79 Å². The molecule has 0 aromatic carbocycles. The van der Waals surface area contributed by atoms with Gasteiger partial charge in [-0.1, -0.05) is 13.3 Å². The lowest BCUT2D eigenvalue weighted by Gasteiger charge is -2.28. The van der Waals surface area contributed by atoms with Crippen molar-refractivity contribution in [3.63, 3.8) is 0 Å². The molecule has 0 aromatic heterocycles. The summed E-state index contributed by atoms with van der Waals surface area (Å²) in [5.74, 6) is 0.609. The Labute approximate surface area is 98.3 Å². The third kappa shape index (κ3) is 4.00. The van der Waals surface area contributed by atoms with E-state index in [0.717, 1.165) is 13.0 Å². The summed E-state index contributed by atoms with van der Waals surface area (Å²) in [5, 5.41) is 2.89. The third-order valence-electron chi connectivity index (χ3n) is 3.20. The number of ether oxygens (including phenoxy) is 1. The molecular weight excluding hydrogens is 204 g/mol. The van der Waals surface area contributed by atoms with Crippen LogP contribution >= 0.6 is 0 Å². The maximum atomic E-state index is 11.9. The van der Waals surface area contributed by atoms with Gasteiger partial charge < -0.3 is 15.0 Å². The second-order valence-corrected chi connectivity index (χ2v) is 4.76. The van der Waals surface area contributed by atoms with Gasteiger partial charge in [0.1, 0.15) is 0 Å². The van der Waals surface area contributed by atoms with Crippen LogP contribution in [-0.2, 0) is 4.74 Å². The number of methoxy groups -OCH3 is 1. The number of hydrogen-bond acceptors (Lipinski definition) is 2. The fourth-order valence-electron chi connectivity index (χ4n) is 2.17. The molecule has 1 heterocycles. The lowest BCUT2D eigenvalue weighted by molar-refractivity contribution is 0.163. The van der Waals surface area contributed by atoms with Crippen molar-refractivity contribution in [3.05, 3.63) is 0 Å². The quantitative estimate of drug-likeness (QED) is 0.749. The lowest BCUT2D eigenvalue weighted by Crippen LogP contribution is -2.46. The number of carbonyl (C=O) groups excluding carboxylic acids is 1. The number of hydrogen-bond donors (Lipinski definition) is 1. The Morgan fingerprint density at radius 3 is 2.88 bits per heavy atom. The molecule has 4 heteroatoms. The zero-order valence-corrected chi connectivity index (χ0v) is 10.7. The molecule has 1 N–H and O–H groups in total. The number of amides is 2. The first-order chi connectivity index (χ1) is 7.65. The van der Waals surface area contributed by atoms with Crippen LogP contribution in [-0.4, -0.2) is 43.8 Å². The molecule has 2 amide bonds. The van der Waals surface area contributed by atoms with Gasteiger partial charge in [-0.3, -0.25) is 0 Å². The summed E-state index contributed by atoms with van der Waals surface area (Å²) in [4.78, 5) is 13.9. The van der Waals surface area contributed by atoms with Gasteiger partial charge >= 0.3 is 6.03 Å². The molecule has 1 aliphatic heterocycles. The molecule has 1 aliphatic rings. The second-order valence-electron chi connectivity index (χ2n) is 4.76. The van der Waals surface area contributed by atoms with E-state index in [4.69, 9.17) is 4.74 Å². The summed E-state index contributed by atoms with van der Waals surface area (Å²) in [6.07, 6.45) is 3.57. The van der Waals surface area contributed by atoms with E-state index in [9.17, 15) is 4.79 Å². The fourth-order valence-corrected chi connectivity index (χ4v) is 2.17. The maximum Gasteiger partial charge on any atom is 0.317 e. The van der Waals surface area contributed by atoms with Gasteiger partial charge in [-0.15, -0.1) is 0 Å². The van der Waals surface area contributed by atoms with E-state index < -0.39 is 0 Å². The van der Waals surface area contributed by atoms with Crippen LogP contribution in [0, 0.1) is 5.92 Å². The summed E-state index contributed by atoms with van der Waals surface area (Å²) in [6.45, 7) is 6.39. The maximum absolute atomic E-state index is 11.9. The Balaban J connectivity index is 2.44. The highest BCUT2D eigenvalue weighted by Crippen LogP contribution is 2.20. The molecule has 0 saturated carbocycles. The highest BCUT2D eigenvalue weighted by atomic mass is 16.5. The first kappa shape index (κ1) is 13.3. The van der Waals surface area contributed by atoms with Crippen molar-refractivity contribution in [2.45, 2.75) is 39.2 Å². The minimum absolute atomic E-state index is 0.0540. The molecule has 4 nitrogen and oxygen atoms in total. The lowest BCUT2D eigenvalue weighted by atomic mass is 10.1. The van der Waals surface area contributed by atoms with Crippen LogP contribution in [0.2, 0.25) is 0 Å². The Kier molecular flexibility index (Phi) is 5.60. The Morgan fingerprint density at radius 1 is 1.44 bits per heavy atom. The smallest absolute Gasteiger partial charge is 0.317 e. The van der Waals surface area contributed by atoms with Crippen molar-refractivity contribution in [2.24, 2.45) is 5.92 Å². The molecule has 1 fully saturated rings. The van der Waals surface area contributed by atoms with E-state index in [1.165, 1.54) is 12.8 Å². The predicted octanol–water partition coefficient (Wildman–Crippen LogP) is 1.85. The third-order valence-corrected chi connectivity index (χ3v) is 3.20. The number of nitrogens with zero attached hydrogens (tertiary/aromatic N) is 1. The van der Waals surface area contributed by atoms with Gasteiger partial charge in [-0.2, -0.15) is 0 Å². The number of likely N-dealkylation sites (tertiary alicyclic amines) is 1. The van der Waals surface area contributed by atoms with Crippen molar-refractivity contribution in [3.8, 4) is 0 Å². The predicted molar refractivity (Wildman–Crippen MR) is 64.5 cm³/mol. The second kappa shape index (κ2) is 6.74. The average molecular weight is 228 g/mol.